The van der Waals surface area contributed by atoms with Gasteiger partial charge in [-0.1, -0.05) is 12.1 Å². The summed E-state index contributed by atoms with van der Waals surface area (Å²) >= 11 is 0. The first-order chi connectivity index (χ1) is 22.2. The fraction of sp³-hybridized carbons (Fsp3) is 0.611. The molecule has 12 heteroatoms. The van der Waals surface area contributed by atoms with E-state index in [1.54, 1.807) is 36.6 Å². The van der Waals surface area contributed by atoms with Gasteiger partial charge in [-0.3, -0.25) is 5.32 Å². The van der Waals surface area contributed by atoms with E-state index in [9.17, 15) is 18.8 Å². The molecule has 0 bridgehead atoms. The summed E-state index contributed by atoms with van der Waals surface area (Å²) in [6.45, 7) is 20.2. The molecule has 2 heterocycles. The van der Waals surface area contributed by atoms with Crippen LogP contribution in [0, 0.1) is 18.7 Å². The predicted molar refractivity (Wildman–Crippen MR) is 184 cm³/mol. The topological polar surface area (TPSA) is 122 Å². The van der Waals surface area contributed by atoms with Crippen molar-refractivity contribution in [1.29, 1.82) is 0 Å². The number of hydrogen-bond donors (Lipinski definition) is 2. The zero-order chi connectivity index (χ0) is 35.9. The van der Waals surface area contributed by atoms with E-state index in [1.807, 2.05) is 66.7 Å². The molecule has 11 nitrogen and oxygen atoms in total. The average Bonchev–Trinajstić information content (AvgIpc) is 3.29. The number of halogens is 1. The molecule has 0 radical (unpaired) electrons. The van der Waals surface area contributed by atoms with Gasteiger partial charge in [-0.25, -0.2) is 23.8 Å². The second-order valence-electron chi connectivity index (χ2n) is 15.4. The van der Waals surface area contributed by atoms with Gasteiger partial charge in [-0.05, 0) is 123 Å². The van der Waals surface area contributed by atoms with Gasteiger partial charge in [0.15, 0.2) is 0 Å². The van der Waals surface area contributed by atoms with Crippen LogP contribution in [-0.4, -0.2) is 88.6 Å². The van der Waals surface area contributed by atoms with Gasteiger partial charge >= 0.3 is 18.3 Å². The first-order valence-electron chi connectivity index (χ1n) is 16.6. The summed E-state index contributed by atoms with van der Waals surface area (Å²) in [6.07, 6.45) is -0.360. The molecule has 0 unspecified atom stereocenters. The number of anilines is 1. The third-order valence-electron chi connectivity index (χ3n) is 7.23. The molecule has 2 N–H and O–H groups in total. The van der Waals surface area contributed by atoms with E-state index >= 15 is 0 Å². The predicted octanol–water partition coefficient (Wildman–Crippen LogP) is 6.72. The van der Waals surface area contributed by atoms with Crippen LogP contribution in [0.1, 0.15) is 79.1 Å². The van der Waals surface area contributed by atoms with Crippen molar-refractivity contribution < 1.29 is 33.0 Å². The van der Waals surface area contributed by atoms with Gasteiger partial charge in [0.2, 0.25) is 0 Å². The highest BCUT2D eigenvalue weighted by Crippen LogP contribution is 2.25. The highest BCUT2D eigenvalue weighted by atomic mass is 19.1. The Kier molecular flexibility index (Phi) is 12.8. The smallest absolute Gasteiger partial charge is 0.413 e. The van der Waals surface area contributed by atoms with Crippen molar-refractivity contribution in [2.45, 2.75) is 105 Å². The normalized spacial score (nSPS) is 16.8. The highest BCUT2D eigenvalue weighted by Gasteiger charge is 2.37. The largest absolute Gasteiger partial charge is 0.444 e. The maximum atomic E-state index is 13.8. The number of aryl methyl sites for hydroxylation is 1. The second-order valence-corrected chi connectivity index (χ2v) is 15.4. The Hall–Kier alpha value is -3.93. The van der Waals surface area contributed by atoms with E-state index in [0.29, 0.717) is 51.4 Å². The number of pyridine rings is 1. The molecule has 0 aliphatic carbocycles. The molecule has 3 amide bonds. The number of nitrogens with zero attached hydrogens (tertiary/aromatic N) is 3. The van der Waals surface area contributed by atoms with Crippen LogP contribution in [0.15, 0.2) is 36.4 Å². The number of rotatable bonds is 10. The molecule has 0 spiro atoms. The Labute approximate surface area is 284 Å². The van der Waals surface area contributed by atoms with E-state index in [1.165, 1.54) is 12.1 Å². The minimum absolute atomic E-state index is 0.00374. The first-order valence-corrected chi connectivity index (χ1v) is 16.6. The van der Waals surface area contributed by atoms with Crippen LogP contribution in [0.4, 0.5) is 24.6 Å². The number of likely N-dealkylation sites (tertiary alicyclic amines) is 1. The van der Waals surface area contributed by atoms with Gasteiger partial charge < -0.3 is 29.3 Å². The molecule has 1 saturated heterocycles. The van der Waals surface area contributed by atoms with Gasteiger partial charge in [0, 0.05) is 44.5 Å². The van der Waals surface area contributed by atoms with Gasteiger partial charge in [-0.15, -0.1) is 0 Å². The van der Waals surface area contributed by atoms with Crippen LogP contribution in [0.25, 0.3) is 0 Å². The number of nitrogens with one attached hydrogen (secondary N) is 2. The Morgan fingerprint density at radius 2 is 1.56 bits per heavy atom. The summed E-state index contributed by atoms with van der Waals surface area (Å²) in [5.74, 6) is 0.0601. The Morgan fingerprint density at radius 1 is 0.896 bits per heavy atom. The molecule has 266 valence electrons. The lowest BCUT2D eigenvalue weighted by molar-refractivity contribution is 0.0251. The van der Waals surface area contributed by atoms with Gasteiger partial charge in [0.05, 0.1) is 0 Å². The van der Waals surface area contributed by atoms with E-state index in [4.69, 9.17) is 14.2 Å². The molecular formula is C36H54FN5O6. The molecule has 1 aliphatic rings. The maximum absolute atomic E-state index is 13.8. The summed E-state index contributed by atoms with van der Waals surface area (Å²) in [7, 11) is 0. The first kappa shape index (κ1) is 38.5. The maximum Gasteiger partial charge on any atom is 0.413 e. The minimum Gasteiger partial charge on any atom is -0.444 e. The number of hydrogen-bond acceptors (Lipinski definition) is 8. The Morgan fingerprint density at radius 3 is 2.19 bits per heavy atom. The van der Waals surface area contributed by atoms with Gasteiger partial charge in [0.1, 0.15) is 28.4 Å². The summed E-state index contributed by atoms with van der Waals surface area (Å²) in [4.78, 5) is 46.5. The lowest BCUT2D eigenvalue weighted by Crippen LogP contribution is -2.45. The van der Waals surface area contributed by atoms with E-state index < -0.39 is 29.0 Å². The number of carbonyl (C=O) groups excluding carboxylic acids is 3. The molecule has 2 aromatic rings. The van der Waals surface area contributed by atoms with Gasteiger partial charge in [-0.2, -0.15) is 0 Å². The molecule has 2 atom stereocenters. The van der Waals surface area contributed by atoms with E-state index in [0.717, 1.165) is 16.8 Å². The van der Waals surface area contributed by atoms with Crippen LogP contribution < -0.4 is 10.6 Å². The van der Waals surface area contributed by atoms with Crippen LogP contribution in [0.5, 0.6) is 0 Å². The van der Waals surface area contributed by atoms with Crippen molar-refractivity contribution in [2.24, 2.45) is 5.92 Å². The second kappa shape index (κ2) is 16.0. The number of amides is 3. The van der Waals surface area contributed by atoms with Gasteiger partial charge in [0.25, 0.3) is 0 Å². The average molecular weight is 672 g/mol. The number of ether oxygens (including phenoxy) is 3. The number of carbonyl (C=O) groups is 3. The zero-order valence-electron chi connectivity index (χ0n) is 30.2. The molecule has 1 aromatic carbocycles. The molecule has 1 fully saturated rings. The van der Waals surface area contributed by atoms with Crippen molar-refractivity contribution in [2.75, 3.05) is 38.0 Å². The fourth-order valence-electron chi connectivity index (χ4n) is 5.38. The quantitative estimate of drug-likeness (QED) is 0.267. The molecule has 48 heavy (non-hydrogen) atoms. The molecule has 3 rings (SSSR count). The Balaban J connectivity index is 1.75. The van der Waals surface area contributed by atoms with Crippen LogP contribution >= 0.6 is 0 Å². The third kappa shape index (κ3) is 13.7. The van der Waals surface area contributed by atoms with Crippen molar-refractivity contribution in [3.63, 3.8) is 0 Å². The van der Waals surface area contributed by atoms with Crippen molar-refractivity contribution >= 4 is 24.1 Å². The molecule has 1 aromatic heterocycles. The minimum atomic E-state index is -0.675. The van der Waals surface area contributed by atoms with Crippen molar-refractivity contribution in [3.05, 3.63) is 59.0 Å². The highest BCUT2D eigenvalue weighted by molar-refractivity contribution is 5.83. The Bertz CT molecular complexity index is 1410. The SMILES string of the molecule is Cc1cc(C[C@H]2CN(C(=O)OC(C)(C)C)C[C@H]2NCCN(CCc2cccc(F)c2)C(=O)OC(C)(C)C)cc(NC(=O)OC(C)(C)C)n1. The van der Waals surface area contributed by atoms with Crippen molar-refractivity contribution in [1.82, 2.24) is 20.1 Å². The van der Waals surface area contributed by atoms with Crippen LogP contribution in [0.2, 0.25) is 0 Å². The zero-order valence-corrected chi connectivity index (χ0v) is 30.2. The number of aromatic nitrogens is 1. The summed E-state index contributed by atoms with van der Waals surface area (Å²) < 4.78 is 30.6. The van der Waals surface area contributed by atoms with Crippen molar-refractivity contribution in [3.8, 4) is 0 Å². The van der Waals surface area contributed by atoms with E-state index in [-0.39, 0.29) is 23.9 Å². The standard InChI is InChI=1S/C36H54FN5O6/c1-24-18-26(21-30(39-24)40-31(43)46-34(2,3)4)19-27-22-42(33(45)48-36(8,9)10)23-29(27)38-15-17-41(32(44)47-35(5,6)7)16-14-25-12-11-13-28(37)20-25/h11-13,18,20-21,27,29,38H,14-17,19,22-23H2,1-10H3,(H,39,40,43)/t27-,29+/m0/s1. The third-order valence-corrected chi connectivity index (χ3v) is 7.23. The van der Waals surface area contributed by atoms with Crippen LogP contribution in [0.3, 0.4) is 0 Å². The lowest BCUT2D eigenvalue weighted by Gasteiger charge is -2.28. The summed E-state index contributed by atoms with van der Waals surface area (Å²) in [5, 5.41) is 6.30. The fourth-order valence-corrected chi connectivity index (χ4v) is 5.38. The number of benzene rings is 1. The van der Waals surface area contributed by atoms with E-state index in [2.05, 4.69) is 15.6 Å². The molecule has 0 saturated carbocycles. The molecular weight excluding hydrogens is 617 g/mol. The lowest BCUT2D eigenvalue weighted by atomic mass is 9.95. The molecule has 1 aliphatic heterocycles. The summed E-state index contributed by atoms with van der Waals surface area (Å²) in [6, 6.07) is 10.0. The monoisotopic (exact) mass is 671 g/mol. The summed E-state index contributed by atoms with van der Waals surface area (Å²) in [5.41, 5.74) is 0.500. The van der Waals surface area contributed by atoms with Crippen LogP contribution in [-0.2, 0) is 27.1 Å².